The Morgan fingerprint density at radius 3 is 1.82 bits per heavy atom. The van der Waals surface area contributed by atoms with Gasteiger partial charge in [0.1, 0.15) is 17.8 Å². The van der Waals surface area contributed by atoms with Gasteiger partial charge in [0.05, 0.1) is 53.7 Å². The van der Waals surface area contributed by atoms with Crippen LogP contribution in [0.5, 0.6) is 5.75 Å². The molecule has 3 atom stereocenters. The molecular formula is C49H46N10O7. The van der Waals surface area contributed by atoms with Gasteiger partial charge in [-0.15, -0.1) is 0 Å². The van der Waals surface area contributed by atoms with Gasteiger partial charge in [0.15, 0.2) is 11.6 Å². The number of carboxylic acid groups (broad SMARTS) is 1. The number of amides is 2. The molecule has 334 valence electrons. The van der Waals surface area contributed by atoms with Crippen molar-refractivity contribution >= 4 is 24.0 Å². The van der Waals surface area contributed by atoms with Crippen molar-refractivity contribution in [2.75, 3.05) is 7.11 Å². The number of nitrogens with zero attached hydrogens (tertiary/aromatic N) is 6. The number of H-pyrrole nitrogens is 2. The van der Waals surface area contributed by atoms with E-state index in [0.717, 1.165) is 44.9 Å². The van der Waals surface area contributed by atoms with E-state index in [2.05, 4.69) is 30.6 Å². The van der Waals surface area contributed by atoms with E-state index in [0.29, 0.717) is 34.5 Å². The number of ether oxygens (including phenoxy) is 2. The number of alkyl carbamates (subject to hydrolysis) is 1. The summed E-state index contributed by atoms with van der Waals surface area (Å²) in [6.45, 7) is 7.26. The number of aromatic nitrogens is 8. The zero-order chi connectivity index (χ0) is 46.2. The van der Waals surface area contributed by atoms with Crippen LogP contribution >= 0.6 is 0 Å². The first kappa shape index (κ1) is 42.8. The SMILES string of the molecule is COC(=O)N[C@H](C(=O)n1cccc1-c1ncc(-c2ccc(-c3cc4n(n3)[C@H](c3ccccc3)Oc3cc(-c5cnc(-c6cccn6C(=O)[C@@H](NC(=O)O)C(C)C)[nH]5)ccc3-4)cc2)[nH]1)C(C)C. The summed E-state index contributed by atoms with van der Waals surface area (Å²) >= 11 is 0. The molecular weight excluding hydrogens is 841 g/mol. The van der Waals surface area contributed by atoms with Crippen molar-refractivity contribution in [1.82, 2.24) is 49.5 Å². The van der Waals surface area contributed by atoms with E-state index in [1.165, 1.54) is 16.2 Å². The molecule has 3 aromatic carbocycles. The van der Waals surface area contributed by atoms with Gasteiger partial charge in [-0.2, -0.15) is 5.10 Å². The van der Waals surface area contributed by atoms with Gasteiger partial charge < -0.3 is 35.2 Å². The van der Waals surface area contributed by atoms with Gasteiger partial charge in [0, 0.05) is 34.6 Å². The van der Waals surface area contributed by atoms with Gasteiger partial charge in [-0.25, -0.2) is 24.2 Å². The second-order valence-electron chi connectivity index (χ2n) is 16.6. The van der Waals surface area contributed by atoms with Crippen LogP contribution in [0.25, 0.3) is 68.1 Å². The summed E-state index contributed by atoms with van der Waals surface area (Å²) < 4.78 is 16.3. The maximum Gasteiger partial charge on any atom is 0.407 e. The first-order chi connectivity index (χ1) is 31.9. The van der Waals surface area contributed by atoms with E-state index in [4.69, 9.17) is 14.6 Å². The molecule has 5 N–H and O–H groups in total. The lowest BCUT2D eigenvalue weighted by Crippen LogP contribution is -2.46. The molecule has 66 heavy (non-hydrogen) atoms. The Morgan fingerprint density at radius 1 is 0.682 bits per heavy atom. The number of benzene rings is 3. The number of fused-ring (bicyclic) bond motifs is 3. The number of hydrogen-bond donors (Lipinski definition) is 5. The standard InChI is InChI=1S/C49H46N10O7/c1-27(2)41(54-48(62)63)45(60)57-21-9-14-38(57)44-51-26-36(53-44)32-19-20-33-39-24-34(56-59(39)47(66-40(33)23-32)31-11-7-6-8-12-31)29-15-17-30(18-16-29)35-25-50-43(52-35)37-13-10-22-58(37)46(61)42(28(3)4)55-49(64)65-5/h6-28,41-42,47,54H,1-5H3,(H,50,52)(H,51,53)(H,55,64)(H,62,63)/t41-,42-,47-/m0/s1. The van der Waals surface area contributed by atoms with Crippen LogP contribution in [-0.2, 0) is 4.74 Å². The third-order valence-corrected chi connectivity index (χ3v) is 11.6. The summed E-state index contributed by atoms with van der Waals surface area (Å²) in [5.41, 5.74) is 8.41. The molecule has 0 aliphatic carbocycles. The first-order valence-electron chi connectivity index (χ1n) is 21.3. The van der Waals surface area contributed by atoms with Crippen molar-refractivity contribution in [3.05, 3.63) is 133 Å². The normalized spacial score (nSPS) is 14.0. The zero-order valence-electron chi connectivity index (χ0n) is 36.6. The molecule has 6 heterocycles. The third-order valence-electron chi connectivity index (χ3n) is 11.6. The second-order valence-corrected chi connectivity index (χ2v) is 16.6. The largest absolute Gasteiger partial charge is 0.465 e. The lowest BCUT2D eigenvalue weighted by Gasteiger charge is -2.28. The van der Waals surface area contributed by atoms with Gasteiger partial charge in [-0.1, -0.05) is 88.4 Å². The van der Waals surface area contributed by atoms with E-state index < -0.39 is 36.4 Å². The molecule has 17 nitrogen and oxygen atoms in total. The van der Waals surface area contributed by atoms with Crippen LogP contribution < -0.4 is 15.4 Å². The fourth-order valence-corrected chi connectivity index (χ4v) is 8.11. The summed E-state index contributed by atoms with van der Waals surface area (Å²) in [7, 11) is 1.26. The molecule has 1 aliphatic heterocycles. The summed E-state index contributed by atoms with van der Waals surface area (Å²) in [6, 6.07) is 31.1. The molecule has 5 aromatic heterocycles. The highest BCUT2D eigenvalue weighted by Gasteiger charge is 2.32. The second kappa shape index (κ2) is 17.6. The summed E-state index contributed by atoms with van der Waals surface area (Å²) in [6.07, 6.45) is 4.13. The van der Waals surface area contributed by atoms with Gasteiger partial charge in [-0.05, 0) is 59.9 Å². The average molecular weight is 887 g/mol. The number of imidazole rings is 2. The molecule has 0 radical (unpaired) electrons. The Labute approximate surface area is 378 Å². The highest BCUT2D eigenvalue weighted by atomic mass is 16.5. The van der Waals surface area contributed by atoms with Gasteiger partial charge in [0.25, 0.3) is 11.8 Å². The van der Waals surface area contributed by atoms with Crippen molar-refractivity contribution < 1.29 is 33.8 Å². The van der Waals surface area contributed by atoms with Gasteiger partial charge in [0.2, 0.25) is 6.23 Å². The summed E-state index contributed by atoms with van der Waals surface area (Å²) in [5.74, 6) is 0.379. The fraction of sp³-hybridized carbons (Fsp3) is 0.204. The van der Waals surface area contributed by atoms with Crippen LogP contribution in [0, 0.1) is 11.8 Å². The Bertz CT molecular complexity index is 3080. The number of nitrogens with one attached hydrogen (secondary N) is 4. The van der Waals surface area contributed by atoms with Crippen molar-refractivity contribution in [2.45, 2.75) is 46.0 Å². The van der Waals surface area contributed by atoms with Crippen LogP contribution in [0.2, 0.25) is 0 Å². The Morgan fingerprint density at radius 2 is 1.24 bits per heavy atom. The molecule has 0 unspecified atom stereocenters. The van der Waals surface area contributed by atoms with Gasteiger partial charge in [-0.3, -0.25) is 18.7 Å². The molecule has 9 rings (SSSR count). The number of carbonyl (C=O) groups excluding carboxylic acids is 3. The fourth-order valence-electron chi connectivity index (χ4n) is 8.11. The molecule has 0 fully saturated rings. The highest BCUT2D eigenvalue weighted by Crippen LogP contribution is 2.44. The maximum absolute atomic E-state index is 13.6. The summed E-state index contributed by atoms with van der Waals surface area (Å²) in [4.78, 5) is 66.5. The molecule has 0 bridgehead atoms. The monoisotopic (exact) mass is 886 g/mol. The van der Waals surface area contributed by atoms with Crippen molar-refractivity contribution in [1.29, 1.82) is 0 Å². The quantitative estimate of drug-likeness (QED) is 0.0785. The number of rotatable bonds is 12. The van der Waals surface area contributed by atoms with Gasteiger partial charge >= 0.3 is 12.2 Å². The molecule has 8 aromatic rings. The van der Waals surface area contributed by atoms with E-state index in [-0.39, 0.29) is 17.7 Å². The smallest absolute Gasteiger partial charge is 0.407 e. The Hall–Kier alpha value is -8.47. The summed E-state index contributed by atoms with van der Waals surface area (Å²) in [5, 5.41) is 19.4. The molecule has 1 aliphatic rings. The van der Waals surface area contributed by atoms with Crippen LogP contribution in [0.1, 0.15) is 49.1 Å². The lowest BCUT2D eigenvalue weighted by molar-refractivity contribution is 0.0818. The predicted octanol–water partition coefficient (Wildman–Crippen LogP) is 8.83. The van der Waals surface area contributed by atoms with E-state index >= 15 is 0 Å². The number of aromatic amines is 2. The minimum absolute atomic E-state index is 0.191. The maximum atomic E-state index is 13.6. The average Bonchev–Trinajstić information content (AvgIpc) is 4.18. The first-order valence-corrected chi connectivity index (χ1v) is 21.3. The van der Waals surface area contributed by atoms with E-state index in [1.54, 1.807) is 62.9 Å². The van der Waals surface area contributed by atoms with Crippen molar-refractivity contribution in [2.24, 2.45) is 11.8 Å². The lowest BCUT2D eigenvalue weighted by atomic mass is 10.0. The minimum Gasteiger partial charge on any atom is -0.465 e. The molecule has 17 heteroatoms. The molecule has 2 amide bonds. The van der Waals surface area contributed by atoms with Crippen molar-refractivity contribution in [3.63, 3.8) is 0 Å². The number of methoxy groups -OCH3 is 1. The van der Waals surface area contributed by atoms with Crippen LogP contribution in [0.15, 0.2) is 128 Å². The van der Waals surface area contributed by atoms with Crippen LogP contribution in [0.3, 0.4) is 0 Å². The molecule has 0 spiro atoms. The zero-order valence-corrected chi connectivity index (χ0v) is 36.6. The number of carbonyl (C=O) groups is 4. The van der Waals surface area contributed by atoms with E-state index in [9.17, 15) is 24.3 Å². The number of hydrogen-bond acceptors (Lipinski definition) is 9. The molecule has 0 saturated heterocycles. The highest BCUT2D eigenvalue weighted by molar-refractivity contribution is 5.92. The predicted molar refractivity (Wildman–Crippen MR) is 246 cm³/mol. The molecule has 0 saturated carbocycles. The minimum atomic E-state index is -1.27. The van der Waals surface area contributed by atoms with E-state index in [1.807, 2.05) is 97.4 Å². The Balaban J connectivity index is 0.984. The third kappa shape index (κ3) is 8.13. The van der Waals surface area contributed by atoms with Crippen LogP contribution in [-0.4, -0.2) is 87.2 Å². The Kier molecular flexibility index (Phi) is 11.4. The van der Waals surface area contributed by atoms with Crippen molar-refractivity contribution in [3.8, 4) is 73.8 Å². The topological polar surface area (TPSA) is 216 Å². The van der Waals surface area contributed by atoms with Crippen LogP contribution in [0.4, 0.5) is 9.59 Å².